The first-order chi connectivity index (χ1) is 18.3. The first-order valence-corrected chi connectivity index (χ1v) is 13.1. The zero-order chi connectivity index (χ0) is 25.0. The van der Waals surface area contributed by atoms with E-state index in [0.29, 0.717) is 6.61 Å². The minimum Gasteiger partial charge on any atom is -0.492 e. The lowest BCUT2D eigenvalue weighted by atomic mass is 10.0. The maximum absolute atomic E-state index is 9.30. The fourth-order valence-electron chi connectivity index (χ4n) is 5.35. The van der Waals surface area contributed by atoms with Gasteiger partial charge >= 0.3 is 0 Å². The molecule has 7 heteroatoms. The van der Waals surface area contributed by atoms with Gasteiger partial charge in [0.05, 0.1) is 17.1 Å². The van der Waals surface area contributed by atoms with E-state index in [1.165, 1.54) is 37.9 Å². The zero-order valence-electron chi connectivity index (χ0n) is 20.9. The van der Waals surface area contributed by atoms with Crippen LogP contribution in [0, 0.1) is 0 Å². The number of fused-ring (bicyclic) bond motifs is 1. The van der Waals surface area contributed by atoms with Crippen molar-refractivity contribution < 1.29 is 9.94 Å². The van der Waals surface area contributed by atoms with Crippen LogP contribution in [0.1, 0.15) is 36.8 Å². The minimum absolute atomic E-state index is 0.706. The van der Waals surface area contributed by atoms with E-state index in [1.54, 1.807) is 12.4 Å². The van der Waals surface area contributed by atoms with E-state index in [0.717, 1.165) is 70.3 Å². The topological polar surface area (TPSA) is 86.6 Å². The third-order valence-electron chi connectivity index (χ3n) is 7.37. The van der Waals surface area contributed by atoms with Crippen molar-refractivity contribution in [2.75, 3.05) is 26.2 Å². The molecule has 4 aromatic rings. The number of H-pyrrole nitrogens is 1. The highest BCUT2D eigenvalue weighted by atomic mass is 16.5. The summed E-state index contributed by atoms with van der Waals surface area (Å²) in [5.74, 6) is 1.68. The number of nitrogens with one attached hydrogen (secondary N) is 1. The Balaban J connectivity index is 1.26. The maximum atomic E-state index is 9.30. The van der Waals surface area contributed by atoms with Gasteiger partial charge in [-0.25, -0.2) is 4.98 Å². The summed E-state index contributed by atoms with van der Waals surface area (Å²) in [6.45, 7) is 4.05. The van der Waals surface area contributed by atoms with Gasteiger partial charge < -0.3 is 14.9 Å². The van der Waals surface area contributed by atoms with Crippen LogP contribution in [0.5, 0.6) is 5.75 Å². The van der Waals surface area contributed by atoms with E-state index in [-0.39, 0.29) is 0 Å². The summed E-state index contributed by atoms with van der Waals surface area (Å²) < 4.78 is 6.02. The van der Waals surface area contributed by atoms with E-state index in [4.69, 9.17) is 9.72 Å². The van der Waals surface area contributed by atoms with E-state index in [9.17, 15) is 5.21 Å². The van der Waals surface area contributed by atoms with Crippen LogP contribution in [0.25, 0.3) is 33.9 Å². The monoisotopic (exact) mass is 493 g/mol. The summed E-state index contributed by atoms with van der Waals surface area (Å²) >= 11 is 0. The summed E-state index contributed by atoms with van der Waals surface area (Å²) in [5, 5.41) is 12.8. The van der Waals surface area contributed by atoms with Gasteiger partial charge in [0.1, 0.15) is 18.2 Å². The van der Waals surface area contributed by atoms with Gasteiger partial charge in [-0.05, 0) is 86.8 Å². The Labute approximate surface area is 216 Å². The first-order valence-electron chi connectivity index (χ1n) is 13.1. The highest BCUT2D eigenvalue weighted by molar-refractivity contribution is 6.04. The Hall–Kier alpha value is -3.97. The van der Waals surface area contributed by atoms with E-state index in [1.807, 2.05) is 30.3 Å². The van der Waals surface area contributed by atoms with Gasteiger partial charge in [0.2, 0.25) is 0 Å². The van der Waals surface area contributed by atoms with Crippen LogP contribution < -0.4 is 4.74 Å². The number of aryl methyl sites for hydroxylation is 1. The fourth-order valence-corrected chi connectivity index (χ4v) is 5.35. The Morgan fingerprint density at radius 1 is 0.892 bits per heavy atom. The largest absolute Gasteiger partial charge is 0.492 e. The molecule has 0 radical (unpaired) electrons. The summed E-state index contributed by atoms with van der Waals surface area (Å²) in [6, 6.07) is 18.4. The van der Waals surface area contributed by atoms with Gasteiger partial charge in [-0.2, -0.15) is 0 Å². The molecule has 1 fully saturated rings. The molecule has 7 nitrogen and oxygen atoms in total. The molecular weight excluding hydrogens is 462 g/mol. The van der Waals surface area contributed by atoms with Gasteiger partial charge in [0.25, 0.3) is 0 Å². The molecule has 2 aromatic heterocycles. The number of benzene rings is 2. The van der Waals surface area contributed by atoms with Gasteiger partial charge in [0.15, 0.2) is 0 Å². The quantitative estimate of drug-likeness (QED) is 0.251. The Morgan fingerprint density at radius 2 is 1.68 bits per heavy atom. The molecule has 0 amide bonds. The van der Waals surface area contributed by atoms with E-state index >= 15 is 0 Å². The van der Waals surface area contributed by atoms with Crippen molar-refractivity contribution in [1.29, 1.82) is 0 Å². The van der Waals surface area contributed by atoms with Crippen molar-refractivity contribution in [2.24, 2.45) is 5.16 Å². The van der Waals surface area contributed by atoms with Gasteiger partial charge in [-0.3, -0.25) is 9.88 Å². The molecule has 0 bridgehead atoms. The molecule has 188 valence electrons. The van der Waals surface area contributed by atoms with Crippen molar-refractivity contribution in [1.82, 2.24) is 19.9 Å². The number of nitrogens with zero attached hydrogens (tertiary/aromatic N) is 4. The highest BCUT2D eigenvalue weighted by Gasteiger charge is 2.21. The Kier molecular flexibility index (Phi) is 6.69. The van der Waals surface area contributed by atoms with Crippen molar-refractivity contribution in [3.8, 4) is 39.7 Å². The number of rotatable bonds is 7. The van der Waals surface area contributed by atoms with Crippen molar-refractivity contribution in [3.63, 3.8) is 0 Å². The molecule has 1 saturated heterocycles. The van der Waals surface area contributed by atoms with Crippen LogP contribution in [-0.2, 0) is 6.42 Å². The molecule has 6 rings (SSSR count). The molecule has 0 saturated carbocycles. The second-order valence-corrected chi connectivity index (χ2v) is 9.74. The lowest BCUT2D eigenvalue weighted by Gasteiger charge is -2.26. The van der Waals surface area contributed by atoms with Crippen LogP contribution in [0.2, 0.25) is 0 Å². The lowest BCUT2D eigenvalue weighted by molar-refractivity contribution is 0.183. The molecule has 1 aliphatic heterocycles. The first kappa shape index (κ1) is 23.4. The third-order valence-corrected chi connectivity index (χ3v) is 7.37. The number of pyridine rings is 1. The number of aromatic nitrogens is 3. The summed E-state index contributed by atoms with van der Waals surface area (Å²) in [7, 11) is 0. The summed E-state index contributed by atoms with van der Waals surface area (Å²) in [5.41, 5.74) is 7.85. The predicted molar refractivity (Wildman–Crippen MR) is 145 cm³/mol. The molecule has 37 heavy (non-hydrogen) atoms. The van der Waals surface area contributed by atoms with Gasteiger partial charge in [-0.15, -0.1) is 0 Å². The normalized spacial score (nSPS) is 16.7. The van der Waals surface area contributed by atoms with Gasteiger partial charge in [0, 0.05) is 41.2 Å². The number of hydrogen-bond donors (Lipinski definition) is 2. The smallest absolute Gasteiger partial charge is 0.138 e. The van der Waals surface area contributed by atoms with E-state index < -0.39 is 0 Å². The SMILES string of the molecule is O/N=C1/CCc2cc(-c3nc(-c4ccc(OCCN5CCCCC5)cc4)[nH]c3-c3ccncc3)ccc21. The number of imidazole rings is 1. The van der Waals surface area contributed by atoms with Crippen LogP contribution >= 0.6 is 0 Å². The molecule has 0 spiro atoms. The van der Waals surface area contributed by atoms with Gasteiger partial charge in [-0.1, -0.05) is 23.7 Å². The molecule has 2 N–H and O–H groups in total. The molecule has 0 atom stereocenters. The number of piperidine rings is 1. The molecule has 0 unspecified atom stereocenters. The van der Waals surface area contributed by atoms with Crippen LogP contribution in [0.3, 0.4) is 0 Å². The summed E-state index contributed by atoms with van der Waals surface area (Å²) in [6.07, 6.45) is 9.15. The van der Waals surface area contributed by atoms with E-state index in [2.05, 4.69) is 44.3 Å². The Bertz CT molecular complexity index is 1390. The molecule has 3 heterocycles. The number of likely N-dealkylation sites (tertiary alicyclic amines) is 1. The Morgan fingerprint density at radius 3 is 2.46 bits per heavy atom. The number of ether oxygens (including phenoxy) is 1. The van der Waals surface area contributed by atoms with Crippen LogP contribution in [-0.4, -0.2) is 57.0 Å². The molecule has 2 aliphatic rings. The zero-order valence-corrected chi connectivity index (χ0v) is 20.9. The highest BCUT2D eigenvalue weighted by Crippen LogP contribution is 2.35. The molecule has 2 aromatic carbocycles. The second-order valence-electron chi connectivity index (χ2n) is 9.74. The average molecular weight is 494 g/mol. The van der Waals surface area contributed by atoms with Crippen molar-refractivity contribution in [3.05, 3.63) is 78.1 Å². The summed E-state index contributed by atoms with van der Waals surface area (Å²) in [4.78, 5) is 15.3. The third kappa shape index (κ3) is 5.00. The fraction of sp³-hybridized carbons (Fsp3) is 0.300. The maximum Gasteiger partial charge on any atom is 0.138 e. The molecule has 1 aliphatic carbocycles. The number of oxime groups is 1. The standard InChI is InChI=1S/C30H31N5O2/c36-34-27-11-7-23-20-24(6-10-26(23)27)29-28(21-12-14-31-15-13-21)32-30(33-29)22-4-8-25(9-5-22)37-19-18-35-16-2-1-3-17-35/h4-6,8-10,12-15,20,36H,1-3,7,11,16-19H2,(H,32,33)/b34-27-. The lowest BCUT2D eigenvalue weighted by Crippen LogP contribution is -2.33. The average Bonchev–Trinajstić information content (AvgIpc) is 3.59. The minimum atomic E-state index is 0.706. The van der Waals surface area contributed by atoms with Crippen molar-refractivity contribution >= 4 is 5.71 Å². The predicted octanol–water partition coefficient (Wildman–Crippen LogP) is 5.79. The van der Waals surface area contributed by atoms with Crippen LogP contribution in [0.15, 0.2) is 72.1 Å². The number of aromatic amines is 1. The number of hydrogen-bond acceptors (Lipinski definition) is 6. The second kappa shape index (κ2) is 10.6. The van der Waals surface area contributed by atoms with Crippen molar-refractivity contribution in [2.45, 2.75) is 32.1 Å². The molecular formula is C30H31N5O2. The van der Waals surface area contributed by atoms with Crippen LogP contribution in [0.4, 0.5) is 0 Å².